The molecule has 1 amide bonds. The minimum absolute atomic E-state index is 0.0813. The number of rotatable bonds is 4. The number of carbonyl (C=O) groups excluding carboxylic acids is 1. The average molecular weight is 262 g/mol. The largest absolute Gasteiger partial charge is 0.508 e. The highest BCUT2D eigenvalue weighted by Crippen LogP contribution is 2.19. The number of hydrogen-bond acceptors (Lipinski definition) is 3. The molecule has 1 aromatic rings. The second-order valence-corrected chi connectivity index (χ2v) is 5.13. The lowest BCUT2D eigenvalue weighted by Gasteiger charge is -2.32. The van der Waals surface area contributed by atoms with Crippen LogP contribution < -0.4 is 10.6 Å². The monoisotopic (exact) mass is 262 g/mol. The third-order valence-corrected chi connectivity index (χ3v) is 3.86. The Morgan fingerprint density at radius 1 is 1.42 bits per heavy atom. The van der Waals surface area contributed by atoms with Crippen LogP contribution in [0, 0.1) is 5.92 Å². The van der Waals surface area contributed by atoms with Crippen LogP contribution >= 0.6 is 0 Å². The number of aromatic hydroxyl groups is 1. The Bertz CT molecular complexity index is 417. The SMILES string of the molecule is CCC1CCCNC1CNC(=O)c1ccc(O)cc1. The smallest absolute Gasteiger partial charge is 0.251 e. The first kappa shape index (κ1) is 13.9. The van der Waals surface area contributed by atoms with Gasteiger partial charge in [-0.2, -0.15) is 0 Å². The van der Waals surface area contributed by atoms with E-state index in [0.29, 0.717) is 24.1 Å². The van der Waals surface area contributed by atoms with Gasteiger partial charge in [-0.25, -0.2) is 0 Å². The Balaban J connectivity index is 1.87. The van der Waals surface area contributed by atoms with Gasteiger partial charge in [0.15, 0.2) is 0 Å². The van der Waals surface area contributed by atoms with Crippen LogP contribution in [0.2, 0.25) is 0 Å². The van der Waals surface area contributed by atoms with Crippen molar-refractivity contribution in [1.82, 2.24) is 10.6 Å². The van der Waals surface area contributed by atoms with E-state index < -0.39 is 0 Å². The molecule has 0 spiro atoms. The highest BCUT2D eigenvalue weighted by Gasteiger charge is 2.23. The summed E-state index contributed by atoms with van der Waals surface area (Å²) in [7, 11) is 0. The Morgan fingerprint density at radius 3 is 2.84 bits per heavy atom. The van der Waals surface area contributed by atoms with Gasteiger partial charge in [-0.1, -0.05) is 13.3 Å². The molecule has 1 aromatic carbocycles. The Labute approximate surface area is 114 Å². The first-order valence-electron chi connectivity index (χ1n) is 7.01. The molecule has 0 saturated carbocycles. The van der Waals surface area contributed by atoms with E-state index in [-0.39, 0.29) is 11.7 Å². The number of nitrogens with one attached hydrogen (secondary N) is 2. The molecule has 4 heteroatoms. The maximum atomic E-state index is 12.0. The zero-order chi connectivity index (χ0) is 13.7. The molecule has 1 aliphatic heterocycles. The molecule has 19 heavy (non-hydrogen) atoms. The summed E-state index contributed by atoms with van der Waals surface area (Å²) >= 11 is 0. The lowest BCUT2D eigenvalue weighted by molar-refractivity contribution is 0.0942. The molecule has 1 heterocycles. The zero-order valence-electron chi connectivity index (χ0n) is 11.4. The maximum absolute atomic E-state index is 12.0. The predicted octanol–water partition coefficient (Wildman–Crippen LogP) is 1.90. The number of hydrogen-bond donors (Lipinski definition) is 3. The van der Waals surface area contributed by atoms with E-state index in [2.05, 4.69) is 17.6 Å². The highest BCUT2D eigenvalue weighted by atomic mass is 16.3. The summed E-state index contributed by atoms with van der Waals surface area (Å²) in [5, 5.41) is 15.6. The van der Waals surface area contributed by atoms with Crippen molar-refractivity contribution in [1.29, 1.82) is 0 Å². The van der Waals surface area contributed by atoms with Gasteiger partial charge in [-0.3, -0.25) is 4.79 Å². The van der Waals surface area contributed by atoms with Crippen LogP contribution in [0.3, 0.4) is 0 Å². The van der Waals surface area contributed by atoms with Crippen molar-refractivity contribution >= 4 is 5.91 Å². The average Bonchev–Trinajstić information content (AvgIpc) is 2.45. The molecule has 0 aliphatic carbocycles. The molecule has 2 atom stereocenters. The molecule has 0 bridgehead atoms. The Kier molecular flexibility index (Phi) is 4.80. The fourth-order valence-electron chi connectivity index (χ4n) is 2.66. The van der Waals surface area contributed by atoms with E-state index in [1.54, 1.807) is 12.1 Å². The quantitative estimate of drug-likeness (QED) is 0.776. The molecule has 4 nitrogen and oxygen atoms in total. The third-order valence-electron chi connectivity index (χ3n) is 3.86. The van der Waals surface area contributed by atoms with E-state index in [9.17, 15) is 9.90 Å². The van der Waals surface area contributed by atoms with Crippen LogP contribution in [0.1, 0.15) is 36.5 Å². The normalized spacial score (nSPS) is 23.0. The van der Waals surface area contributed by atoms with Crippen LogP contribution in [0.4, 0.5) is 0 Å². The first-order valence-corrected chi connectivity index (χ1v) is 7.01. The van der Waals surface area contributed by atoms with Gasteiger partial charge in [0.1, 0.15) is 5.75 Å². The van der Waals surface area contributed by atoms with Gasteiger partial charge in [0.2, 0.25) is 0 Å². The van der Waals surface area contributed by atoms with Gasteiger partial charge in [0, 0.05) is 18.2 Å². The zero-order valence-corrected chi connectivity index (χ0v) is 11.4. The summed E-state index contributed by atoms with van der Waals surface area (Å²) in [6, 6.07) is 6.71. The molecule has 0 radical (unpaired) electrons. The summed E-state index contributed by atoms with van der Waals surface area (Å²) < 4.78 is 0. The second kappa shape index (κ2) is 6.57. The summed E-state index contributed by atoms with van der Waals surface area (Å²) in [4.78, 5) is 12.0. The van der Waals surface area contributed by atoms with Crippen molar-refractivity contribution < 1.29 is 9.90 Å². The van der Waals surface area contributed by atoms with Gasteiger partial charge in [-0.15, -0.1) is 0 Å². The highest BCUT2D eigenvalue weighted by molar-refractivity contribution is 5.94. The number of amides is 1. The molecule has 1 aliphatic rings. The van der Waals surface area contributed by atoms with Crippen LogP contribution in [-0.4, -0.2) is 30.1 Å². The van der Waals surface area contributed by atoms with E-state index in [4.69, 9.17) is 0 Å². The van der Waals surface area contributed by atoms with E-state index in [1.165, 1.54) is 25.0 Å². The van der Waals surface area contributed by atoms with Crippen molar-refractivity contribution in [3.63, 3.8) is 0 Å². The van der Waals surface area contributed by atoms with Crippen molar-refractivity contribution in [2.75, 3.05) is 13.1 Å². The van der Waals surface area contributed by atoms with Crippen molar-refractivity contribution in [3.8, 4) is 5.75 Å². The predicted molar refractivity (Wildman–Crippen MR) is 75.2 cm³/mol. The number of carbonyl (C=O) groups is 1. The number of phenolic OH excluding ortho intramolecular Hbond substituents is 1. The Morgan fingerprint density at radius 2 is 2.16 bits per heavy atom. The number of benzene rings is 1. The van der Waals surface area contributed by atoms with E-state index >= 15 is 0 Å². The van der Waals surface area contributed by atoms with Crippen molar-refractivity contribution in [2.45, 2.75) is 32.2 Å². The van der Waals surface area contributed by atoms with Gasteiger partial charge in [-0.05, 0) is 49.6 Å². The van der Waals surface area contributed by atoms with Gasteiger partial charge >= 0.3 is 0 Å². The molecule has 2 unspecified atom stereocenters. The lowest BCUT2D eigenvalue weighted by atomic mass is 9.88. The summed E-state index contributed by atoms with van der Waals surface area (Å²) in [5.41, 5.74) is 0.585. The maximum Gasteiger partial charge on any atom is 0.251 e. The minimum Gasteiger partial charge on any atom is -0.508 e. The standard InChI is InChI=1S/C15H22N2O2/c1-2-11-4-3-9-16-14(11)10-17-15(19)12-5-7-13(18)8-6-12/h5-8,11,14,16,18H,2-4,9-10H2,1H3,(H,17,19). The Hall–Kier alpha value is -1.55. The van der Waals surface area contributed by atoms with Crippen molar-refractivity contribution in [3.05, 3.63) is 29.8 Å². The van der Waals surface area contributed by atoms with Crippen LogP contribution in [0.25, 0.3) is 0 Å². The molecular formula is C15H22N2O2. The summed E-state index contributed by atoms with van der Waals surface area (Å²) in [6.45, 7) is 3.90. The molecule has 3 N–H and O–H groups in total. The van der Waals surface area contributed by atoms with Gasteiger partial charge in [0.05, 0.1) is 0 Å². The topological polar surface area (TPSA) is 61.4 Å². The summed E-state index contributed by atoms with van der Waals surface area (Å²) in [6.07, 6.45) is 3.61. The molecule has 1 saturated heterocycles. The summed E-state index contributed by atoms with van der Waals surface area (Å²) in [5.74, 6) is 0.743. The molecule has 0 aromatic heterocycles. The third kappa shape index (κ3) is 3.70. The van der Waals surface area contributed by atoms with E-state index in [1.807, 2.05) is 0 Å². The van der Waals surface area contributed by atoms with Gasteiger partial charge < -0.3 is 15.7 Å². The lowest BCUT2D eigenvalue weighted by Crippen LogP contribution is -2.48. The number of phenols is 1. The number of piperidine rings is 1. The molecular weight excluding hydrogens is 240 g/mol. The van der Waals surface area contributed by atoms with Crippen LogP contribution in [0.15, 0.2) is 24.3 Å². The van der Waals surface area contributed by atoms with Crippen molar-refractivity contribution in [2.24, 2.45) is 5.92 Å². The minimum atomic E-state index is -0.0813. The molecule has 104 valence electrons. The fourth-order valence-corrected chi connectivity index (χ4v) is 2.66. The van der Waals surface area contributed by atoms with Gasteiger partial charge in [0.25, 0.3) is 5.91 Å². The molecule has 1 fully saturated rings. The second-order valence-electron chi connectivity index (χ2n) is 5.13. The van der Waals surface area contributed by atoms with E-state index in [0.717, 1.165) is 13.0 Å². The first-order chi connectivity index (χ1) is 9.20. The van der Waals surface area contributed by atoms with Crippen LogP contribution in [-0.2, 0) is 0 Å². The fraction of sp³-hybridized carbons (Fsp3) is 0.533. The van der Waals surface area contributed by atoms with Crippen LogP contribution in [0.5, 0.6) is 5.75 Å². The molecule has 2 rings (SSSR count).